The summed E-state index contributed by atoms with van der Waals surface area (Å²) in [5, 5.41) is 6.41. The van der Waals surface area contributed by atoms with Crippen molar-refractivity contribution in [3.8, 4) is 11.1 Å². The van der Waals surface area contributed by atoms with Crippen molar-refractivity contribution in [2.24, 2.45) is 0 Å². The van der Waals surface area contributed by atoms with Crippen molar-refractivity contribution < 1.29 is 22.7 Å². The summed E-state index contributed by atoms with van der Waals surface area (Å²) in [6.07, 6.45) is 2.23. The maximum Gasteiger partial charge on any atom is 0.407 e. The molecular formula is C19H23ClF3N5O2. The first-order chi connectivity index (χ1) is 14.0. The SMILES string of the molecule is CC(C)(C)OC(=O)N[C@H]1CCN(c2cc(Cl)ncc2-c2cnn(C(F)F)c2)C[C@@H]1F. The van der Waals surface area contributed by atoms with E-state index in [9.17, 15) is 18.0 Å². The lowest BCUT2D eigenvalue weighted by Crippen LogP contribution is -2.53. The van der Waals surface area contributed by atoms with Gasteiger partial charge in [0.2, 0.25) is 0 Å². The van der Waals surface area contributed by atoms with E-state index in [-0.39, 0.29) is 11.7 Å². The topological polar surface area (TPSA) is 72.3 Å². The molecule has 0 bridgehead atoms. The second-order valence-corrected chi connectivity index (χ2v) is 8.40. The maximum absolute atomic E-state index is 14.8. The van der Waals surface area contributed by atoms with Gasteiger partial charge in [0.15, 0.2) is 0 Å². The Morgan fingerprint density at radius 2 is 2.10 bits per heavy atom. The molecule has 1 N–H and O–H groups in total. The minimum Gasteiger partial charge on any atom is -0.444 e. The van der Waals surface area contributed by atoms with Crippen LogP contribution in [-0.2, 0) is 4.74 Å². The highest BCUT2D eigenvalue weighted by Gasteiger charge is 2.33. The highest BCUT2D eigenvalue weighted by Crippen LogP contribution is 2.34. The first-order valence-corrected chi connectivity index (χ1v) is 9.78. The number of carbonyl (C=O) groups excluding carboxylic acids is 1. The number of hydrogen-bond acceptors (Lipinski definition) is 5. The number of alkyl halides is 3. The Hall–Kier alpha value is -2.49. The molecule has 164 valence electrons. The maximum atomic E-state index is 14.8. The number of carbonyl (C=O) groups is 1. The average Bonchev–Trinajstić information content (AvgIpc) is 3.12. The number of pyridine rings is 1. The van der Waals surface area contributed by atoms with Crippen LogP contribution >= 0.6 is 11.6 Å². The number of ether oxygens (including phenoxy) is 1. The Balaban J connectivity index is 1.76. The van der Waals surface area contributed by atoms with Gasteiger partial charge in [-0.2, -0.15) is 13.9 Å². The van der Waals surface area contributed by atoms with Crippen molar-refractivity contribution in [3.05, 3.63) is 29.8 Å². The molecule has 3 heterocycles. The second kappa shape index (κ2) is 8.71. The molecular weight excluding hydrogens is 423 g/mol. The molecule has 1 amide bonds. The van der Waals surface area contributed by atoms with Gasteiger partial charge in [-0.15, -0.1) is 0 Å². The molecule has 1 fully saturated rings. The van der Waals surface area contributed by atoms with Gasteiger partial charge in [-0.3, -0.25) is 0 Å². The summed E-state index contributed by atoms with van der Waals surface area (Å²) in [4.78, 5) is 17.7. The average molecular weight is 446 g/mol. The highest BCUT2D eigenvalue weighted by atomic mass is 35.5. The lowest BCUT2D eigenvalue weighted by Gasteiger charge is -2.37. The van der Waals surface area contributed by atoms with E-state index in [2.05, 4.69) is 15.4 Å². The van der Waals surface area contributed by atoms with E-state index in [1.807, 2.05) is 0 Å². The van der Waals surface area contributed by atoms with Gasteiger partial charge in [0.1, 0.15) is 16.9 Å². The first kappa shape index (κ1) is 22.2. The largest absolute Gasteiger partial charge is 0.444 e. The van der Waals surface area contributed by atoms with Gasteiger partial charge < -0.3 is 15.0 Å². The molecule has 0 aliphatic carbocycles. The molecule has 0 spiro atoms. The summed E-state index contributed by atoms with van der Waals surface area (Å²) in [7, 11) is 0. The van der Waals surface area contributed by atoms with Crippen molar-refractivity contribution in [2.75, 3.05) is 18.0 Å². The molecule has 0 unspecified atom stereocenters. The van der Waals surface area contributed by atoms with Crippen LogP contribution in [0.15, 0.2) is 24.7 Å². The van der Waals surface area contributed by atoms with E-state index >= 15 is 0 Å². The predicted octanol–water partition coefficient (Wildman–Crippen LogP) is 4.44. The summed E-state index contributed by atoms with van der Waals surface area (Å²) in [5.74, 6) is 0. The van der Waals surface area contributed by atoms with Crippen LogP contribution in [0.5, 0.6) is 0 Å². The van der Waals surface area contributed by atoms with Crippen LogP contribution in [0.2, 0.25) is 5.15 Å². The van der Waals surface area contributed by atoms with Crippen molar-refractivity contribution >= 4 is 23.4 Å². The Morgan fingerprint density at radius 1 is 1.37 bits per heavy atom. The molecule has 2 aromatic rings. The van der Waals surface area contributed by atoms with Crippen LogP contribution in [0.4, 0.5) is 23.7 Å². The van der Waals surface area contributed by atoms with E-state index in [1.165, 1.54) is 18.6 Å². The number of amides is 1. The highest BCUT2D eigenvalue weighted by molar-refractivity contribution is 6.29. The molecule has 7 nitrogen and oxygen atoms in total. The fourth-order valence-corrected chi connectivity index (χ4v) is 3.39. The molecule has 2 aromatic heterocycles. The van der Waals surface area contributed by atoms with E-state index in [0.29, 0.717) is 34.5 Å². The van der Waals surface area contributed by atoms with E-state index in [1.54, 1.807) is 31.7 Å². The molecule has 0 saturated carbocycles. The third-order valence-corrected chi connectivity index (χ3v) is 4.75. The zero-order chi connectivity index (χ0) is 22.1. The van der Waals surface area contributed by atoms with Crippen molar-refractivity contribution in [3.63, 3.8) is 0 Å². The van der Waals surface area contributed by atoms with Gasteiger partial charge in [0.05, 0.1) is 18.8 Å². The molecule has 1 saturated heterocycles. The number of rotatable bonds is 4. The third-order valence-electron chi connectivity index (χ3n) is 4.55. The zero-order valence-electron chi connectivity index (χ0n) is 16.8. The van der Waals surface area contributed by atoms with E-state index in [4.69, 9.17) is 16.3 Å². The van der Waals surface area contributed by atoms with Crippen LogP contribution < -0.4 is 10.2 Å². The summed E-state index contributed by atoms with van der Waals surface area (Å²) < 4.78 is 46.3. The Labute approximate surface area is 177 Å². The summed E-state index contributed by atoms with van der Waals surface area (Å²) in [6, 6.07) is 0.865. The first-order valence-electron chi connectivity index (χ1n) is 9.40. The van der Waals surface area contributed by atoms with Crippen molar-refractivity contribution in [1.82, 2.24) is 20.1 Å². The lowest BCUT2D eigenvalue weighted by molar-refractivity contribution is 0.0463. The third kappa shape index (κ3) is 5.35. The summed E-state index contributed by atoms with van der Waals surface area (Å²) in [5.41, 5.74) is 0.806. The predicted molar refractivity (Wildman–Crippen MR) is 107 cm³/mol. The van der Waals surface area contributed by atoms with Crippen LogP contribution in [-0.4, -0.2) is 51.8 Å². The van der Waals surface area contributed by atoms with Gasteiger partial charge in [0.25, 0.3) is 0 Å². The summed E-state index contributed by atoms with van der Waals surface area (Å²) >= 11 is 6.03. The van der Waals surface area contributed by atoms with Crippen molar-refractivity contribution in [2.45, 2.75) is 51.6 Å². The van der Waals surface area contributed by atoms with E-state index < -0.39 is 30.5 Å². The van der Waals surface area contributed by atoms with Gasteiger partial charge in [-0.05, 0) is 33.3 Å². The number of hydrogen-bond donors (Lipinski definition) is 1. The fourth-order valence-electron chi connectivity index (χ4n) is 3.23. The number of anilines is 1. The molecule has 2 atom stereocenters. The molecule has 11 heteroatoms. The number of nitrogens with one attached hydrogen (secondary N) is 1. The van der Waals surface area contributed by atoms with Crippen molar-refractivity contribution in [1.29, 1.82) is 0 Å². The van der Waals surface area contributed by atoms with Gasteiger partial charge >= 0.3 is 12.6 Å². The Bertz CT molecular complexity index is 903. The minimum absolute atomic E-state index is 0.0171. The number of piperidine rings is 1. The molecule has 3 rings (SSSR count). The standard InChI is InChI=1S/C19H23ClF3N5O2/c1-19(2,3)30-18(29)26-14-4-5-27(10-13(14)21)15-6-16(20)24-8-12(15)11-7-25-28(9-11)17(22)23/h6-9,13-14,17H,4-5,10H2,1-3H3,(H,26,29)/t13-,14-/m0/s1. The smallest absolute Gasteiger partial charge is 0.407 e. The van der Waals surface area contributed by atoms with Crippen LogP contribution in [0.25, 0.3) is 11.1 Å². The number of nitrogens with zero attached hydrogens (tertiary/aromatic N) is 4. The molecule has 1 aliphatic rings. The number of alkyl carbamates (subject to hydrolysis) is 1. The van der Waals surface area contributed by atoms with Gasteiger partial charge in [-0.1, -0.05) is 11.6 Å². The van der Waals surface area contributed by atoms with Crippen LogP contribution in [0.1, 0.15) is 33.7 Å². The molecule has 1 aliphatic heterocycles. The van der Waals surface area contributed by atoms with Crippen LogP contribution in [0, 0.1) is 0 Å². The molecule has 30 heavy (non-hydrogen) atoms. The normalized spacial score (nSPS) is 19.8. The fraction of sp³-hybridized carbons (Fsp3) is 0.526. The quantitative estimate of drug-likeness (QED) is 0.704. The zero-order valence-corrected chi connectivity index (χ0v) is 17.5. The number of halogens is 4. The van der Waals surface area contributed by atoms with Gasteiger partial charge in [0, 0.05) is 35.8 Å². The summed E-state index contributed by atoms with van der Waals surface area (Å²) in [6.45, 7) is 2.81. The molecule has 0 aromatic carbocycles. The van der Waals surface area contributed by atoms with Gasteiger partial charge in [-0.25, -0.2) is 18.9 Å². The number of aromatic nitrogens is 3. The minimum atomic E-state index is -2.77. The molecule has 0 radical (unpaired) electrons. The van der Waals surface area contributed by atoms with E-state index in [0.717, 1.165) is 0 Å². The Morgan fingerprint density at radius 3 is 2.70 bits per heavy atom. The second-order valence-electron chi connectivity index (χ2n) is 8.01. The lowest BCUT2D eigenvalue weighted by atomic mass is 10.0. The Kier molecular flexibility index (Phi) is 6.44. The van der Waals surface area contributed by atoms with Crippen LogP contribution in [0.3, 0.4) is 0 Å². The monoisotopic (exact) mass is 445 g/mol.